The van der Waals surface area contributed by atoms with Crippen molar-refractivity contribution >= 4 is 28.4 Å². The first-order valence-electron chi connectivity index (χ1n) is 11.7. The Morgan fingerprint density at radius 3 is 2.24 bits per heavy atom. The van der Waals surface area contributed by atoms with Crippen LogP contribution in [0.25, 0.3) is 22.3 Å². The maximum atomic E-state index is 14.9. The first-order valence-corrected chi connectivity index (χ1v) is 11.7. The highest BCUT2D eigenvalue weighted by Gasteiger charge is 2.23. The molecule has 1 fully saturated rings. The second-order valence-electron chi connectivity index (χ2n) is 8.74. The number of nitrogens with zero attached hydrogens (tertiary/aromatic N) is 4. The molecule has 2 aromatic heterocycles. The lowest BCUT2D eigenvalue weighted by Gasteiger charge is -2.34. The highest BCUT2D eigenvalue weighted by atomic mass is 19.1. The second kappa shape index (κ2) is 10.0. The molecule has 1 amide bonds. The summed E-state index contributed by atoms with van der Waals surface area (Å²) in [5.74, 6) is -2.23. The molecule has 2 N–H and O–H groups in total. The Morgan fingerprint density at radius 2 is 1.62 bits per heavy atom. The van der Waals surface area contributed by atoms with Gasteiger partial charge in [0.15, 0.2) is 34.6 Å². The number of ether oxygens (including phenoxy) is 2. The van der Waals surface area contributed by atoms with Gasteiger partial charge in [-0.2, -0.15) is 5.10 Å². The number of H-pyrrole nitrogens is 1. The van der Waals surface area contributed by atoms with Crippen molar-refractivity contribution in [3.8, 4) is 22.8 Å². The number of hydrogen-bond donors (Lipinski definition) is 2. The van der Waals surface area contributed by atoms with E-state index in [1.807, 2.05) is 12.1 Å². The number of likely N-dealkylation sites (N-methyl/N-ethyl adjacent to an activating group) is 1. The van der Waals surface area contributed by atoms with E-state index in [-0.39, 0.29) is 34.6 Å². The third-order valence-corrected chi connectivity index (χ3v) is 6.48. The van der Waals surface area contributed by atoms with E-state index in [2.05, 4.69) is 37.3 Å². The predicted molar refractivity (Wildman–Crippen MR) is 136 cm³/mol. The number of aromatic amines is 1. The van der Waals surface area contributed by atoms with Crippen molar-refractivity contribution < 1.29 is 23.0 Å². The molecule has 0 saturated carbocycles. The zero-order valence-corrected chi connectivity index (χ0v) is 20.6. The summed E-state index contributed by atoms with van der Waals surface area (Å²) in [5, 5.41) is 10.1. The molecule has 0 atom stereocenters. The van der Waals surface area contributed by atoms with E-state index in [0.717, 1.165) is 37.9 Å². The largest absolute Gasteiger partial charge is 0.494 e. The smallest absolute Gasteiger partial charge is 0.256 e. The van der Waals surface area contributed by atoms with E-state index in [4.69, 9.17) is 9.47 Å². The highest BCUT2D eigenvalue weighted by molar-refractivity contribution is 6.07. The summed E-state index contributed by atoms with van der Waals surface area (Å²) in [7, 11) is 4.66. The lowest BCUT2D eigenvalue weighted by Crippen LogP contribution is -2.44. The van der Waals surface area contributed by atoms with Crippen molar-refractivity contribution in [2.24, 2.45) is 0 Å². The molecule has 3 heterocycles. The molecule has 1 aliphatic rings. The fourth-order valence-corrected chi connectivity index (χ4v) is 4.32. The average Bonchev–Trinajstić information content (AvgIpc) is 3.31. The molecule has 11 heteroatoms. The molecule has 0 unspecified atom stereocenters. The van der Waals surface area contributed by atoms with Gasteiger partial charge in [-0.25, -0.2) is 13.8 Å². The lowest BCUT2D eigenvalue weighted by molar-refractivity contribution is 0.102. The number of halogens is 2. The van der Waals surface area contributed by atoms with Crippen molar-refractivity contribution in [3.05, 3.63) is 59.7 Å². The van der Waals surface area contributed by atoms with Crippen LogP contribution < -0.4 is 19.7 Å². The van der Waals surface area contributed by atoms with Crippen LogP contribution in [-0.4, -0.2) is 73.4 Å². The van der Waals surface area contributed by atoms with Gasteiger partial charge in [0.2, 0.25) is 0 Å². The van der Waals surface area contributed by atoms with Crippen LogP contribution in [0.5, 0.6) is 11.5 Å². The van der Waals surface area contributed by atoms with Crippen LogP contribution in [0.2, 0.25) is 0 Å². The van der Waals surface area contributed by atoms with E-state index in [9.17, 15) is 13.6 Å². The summed E-state index contributed by atoms with van der Waals surface area (Å²) < 4.78 is 39.8. The number of fused-ring (bicyclic) bond motifs is 1. The zero-order chi connectivity index (χ0) is 26.1. The molecule has 4 aromatic rings. The third-order valence-electron chi connectivity index (χ3n) is 6.48. The SMILES string of the molecule is COc1cc(OC)c(F)c(-c2ccc3c(NC(=O)c4ccc(N5CCN(C)CC5)cc4)n[nH]c3n2)c1F. The maximum absolute atomic E-state index is 14.9. The molecular weight excluding hydrogens is 482 g/mol. The van der Waals surface area contributed by atoms with Gasteiger partial charge < -0.3 is 24.6 Å². The molecule has 0 aliphatic carbocycles. The topological polar surface area (TPSA) is 95.6 Å². The third kappa shape index (κ3) is 4.65. The number of aromatic nitrogens is 3. The molecule has 0 spiro atoms. The Kier molecular flexibility index (Phi) is 6.62. The number of benzene rings is 2. The standard InChI is InChI=1S/C26H26F2N6O3/c1-33-10-12-34(13-11-33)16-6-4-15(5-7-16)26(35)30-25-17-8-9-18(29-24(17)31-32-25)21-22(27)19(36-2)14-20(37-3)23(21)28/h4-9,14H,10-13H2,1-3H3,(H2,29,30,31,32,35). The second-order valence-corrected chi connectivity index (χ2v) is 8.74. The Labute approximate surface area is 212 Å². The molecule has 1 aliphatic heterocycles. The van der Waals surface area contributed by atoms with Crippen LogP contribution in [0.1, 0.15) is 10.4 Å². The van der Waals surface area contributed by atoms with E-state index in [0.29, 0.717) is 10.9 Å². The Bertz CT molecular complexity index is 1420. The fraction of sp³-hybridized carbons (Fsp3) is 0.269. The summed E-state index contributed by atoms with van der Waals surface area (Å²) in [6.45, 7) is 3.86. The quantitative estimate of drug-likeness (QED) is 0.408. The van der Waals surface area contributed by atoms with E-state index >= 15 is 0 Å². The number of piperazine rings is 1. The molecule has 9 nitrogen and oxygen atoms in total. The van der Waals surface area contributed by atoms with E-state index in [1.54, 1.807) is 18.2 Å². The number of carbonyl (C=O) groups is 1. The molecule has 0 radical (unpaired) electrons. The first-order chi connectivity index (χ1) is 17.9. The predicted octanol–water partition coefficient (Wildman–Crippen LogP) is 3.92. The normalized spacial score (nSPS) is 14.1. The minimum Gasteiger partial charge on any atom is -0.494 e. The molecule has 5 rings (SSSR count). The summed E-state index contributed by atoms with van der Waals surface area (Å²) in [6, 6.07) is 11.6. The molecule has 192 valence electrons. The van der Waals surface area contributed by atoms with Crippen LogP contribution >= 0.6 is 0 Å². The minimum absolute atomic E-state index is 0.0146. The van der Waals surface area contributed by atoms with Crippen molar-refractivity contribution in [3.63, 3.8) is 0 Å². The monoisotopic (exact) mass is 508 g/mol. The minimum atomic E-state index is -0.902. The van der Waals surface area contributed by atoms with Crippen LogP contribution in [0, 0.1) is 11.6 Å². The highest BCUT2D eigenvalue weighted by Crippen LogP contribution is 2.37. The number of anilines is 2. The van der Waals surface area contributed by atoms with E-state index < -0.39 is 17.2 Å². The van der Waals surface area contributed by atoms with Gasteiger partial charge >= 0.3 is 0 Å². The number of carbonyl (C=O) groups excluding carboxylic acids is 1. The van der Waals surface area contributed by atoms with Gasteiger partial charge in [-0.05, 0) is 43.4 Å². The molecule has 2 aromatic carbocycles. The molecule has 0 bridgehead atoms. The summed E-state index contributed by atoms with van der Waals surface area (Å²) in [5.41, 5.74) is 1.42. The molecule has 37 heavy (non-hydrogen) atoms. The van der Waals surface area contributed by atoms with Crippen LogP contribution in [0.15, 0.2) is 42.5 Å². The van der Waals surface area contributed by atoms with Crippen LogP contribution in [0.4, 0.5) is 20.3 Å². The number of rotatable bonds is 6. The Balaban J connectivity index is 1.37. The number of amides is 1. The van der Waals surface area contributed by atoms with Gasteiger partial charge in [0.05, 0.1) is 30.9 Å². The van der Waals surface area contributed by atoms with Gasteiger partial charge in [0.1, 0.15) is 0 Å². The summed E-state index contributed by atoms with van der Waals surface area (Å²) >= 11 is 0. The van der Waals surface area contributed by atoms with Gasteiger partial charge in [0.25, 0.3) is 5.91 Å². The van der Waals surface area contributed by atoms with Gasteiger partial charge in [-0.15, -0.1) is 0 Å². The number of hydrogen-bond acceptors (Lipinski definition) is 7. The Hall–Kier alpha value is -4.25. The Morgan fingerprint density at radius 1 is 0.973 bits per heavy atom. The van der Waals surface area contributed by atoms with Crippen molar-refractivity contribution in [1.29, 1.82) is 0 Å². The molecular formula is C26H26F2N6O3. The average molecular weight is 509 g/mol. The number of nitrogens with one attached hydrogen (secondary N) is 2. The molecule has 1 saturated heterocycles. The zero-order valence-electron chi connectivity index (χ0n) is 20.6. The summed E-state index contributed by atoms with van der Waals surface area (Å²) in [6.07, 6.45) is 0. The van der Waals surface area contributed by atoms with Gasteiger partial charge in [-0.1, -0.05) is 0 Å². The fourth-order valence-electron chi connectivity index (χ4n) is 4.32. The number of pyridine rings is 1. The van der Waals surface area contributed by atoms with Crippen LogP contribution in [-0.2, 0) is 0 Å². The van der Waals surface area contributed by atoms with Crippen molar-refractivity contribution in [2.45, 2.75) is 0 Å². The maximum Gasteiger partial charge on any atom is 0.256 e. The van der Waals surface area contributed by atoms with Gasteiger partial charge in [-0.3, -0.25) is 9.89 Å². The van der Waals surface area contributed by atoms with Crippen molar-refractivity contribution in [2.75, 3.05) is 57.7 Å². The van der Waals surface area contributed by atoms with Crippen molar-refractivity contribution in [1.82, 2.24) is 20.1 Å². The van der Waals surface area contributed by atoms with Gasteiger partial charge in [0, 0.05) is 43.5 Å². The first kappa shape index (κ1) is 24.4. The van der Waals surface area contributed by atoms with E-state index in [1.165, 1.54) is 20.3 Å². The number of methoxy groups -OCH3 is 2. The summed E-state index contributed by atoms with van der Waals surface area (Å²) in [4.78, 5) is 21.8. The van der Waals surface area contributed by atoms with Crippen LogP contribution in [0.3, 0.4) is 0 Å². The lowest BCUT2D eigenvalue weighted by atomic mass is 10.1.